The van der Waals surface area contributed by atoms with Crippen molar-refractivity contribution in [3.8, 4) is 0 Å². The van der Waals surface area contributed by atoms with Gasteiger partial charge in [-0.15, -0.1) is 0 Å². The van der Waals surface area contributed by atoms with Crippen LogP contribution in [0.4, 0.5) is 0 Å². The lowest BCUT2D eigenvalue weighted by atomic mass is 10.1. The number of aliphatic carboxylic acids is 1. The highest BCUT2D eigenvalue weighted by atomic mass is 31.2. The molecule has 0 spiro atoms. The van der Waals surface area contributed by atoms with E-state index in [1.54, 1.807) is 0 Å². The van der Waals surface area contributed by atoms with Crippen molar-refractivity contribution in [3.63, 3.8) is 0 Å². The molecule has 0 aliphatic carbocycles. The van der Waals surface area contributed by atoms with Crippen molar-refractivity contribution in [2.24, 2.45) is 5.73 Å². The molecule has 0 aromatic carbocycles. The summed E-state index contributed by atoms with van der Waals surface area (Å²) in [6, 6.07) is -1.48. The zero-order valence-corrected chi connectivity index (χ0v) is 39.4. The van der Waals surface area contributed by atoms with Crippen LogP contribution in [-0.4, -0.2) is 60.5 Å². The van der Waals surface area contributed by atoms with Crippen LogP contribution in [0.15, 0.2) is 72.9 Å². The van der Waals surface area contributed by atoms with Crippen molar-refractivity contribution in [1.82, 2.24) is 0 Å². The number of nitrogens with two attached hydrogens (primary N) is 1. The van der Waals surface area contributed by atoms with Crippen LogP contribution in [0.5, 0.6) is 0 Å². The third-order valence-electron chi connectivity index (χ3n) is 9.97. The van der Waals surface area contributed by atoms with Gasteiger partial charge in [0.1, 0.15) is 12.1 Å². The van der Waals surface area contributed by atoms with Gasteiger partial charge in [-0.1, -0.05) is 177 Å². The average molecular weight is 878 g/mol. The molecular weight excluding hydrogens is 790 g/mol. The second kappa shape index (κ2) is 45.4. The van der Waals surface area contributed by atoms with Gasteiger partial charge in [-0.25, -0.2) is 4.57 Å². The summed E-state index contributed by atoms with van der Waals surface area (Å²) in [4.78, 5) is 33.6. The van der Waals surface area contributed by atoms with Crippen LogP contribution in [0, 0.1) is 0 Å². The van der Waals surface area contributed by atoms with Gasteiger partial charge in [0.2, 0.25) is 0 Å². The van der Waals surface area contributed by atoms with Gasteiger partial charge in [0.15, 0.2) is 0 Å². The van der Waals surface area contributed by atoms with Crippen molar-refractivity contribution >= 4 is 19.8 Å². The number of carbonyl (C=O) groups is 2. The Kier molecular flexibility index (Phi) is 43.5. The van der Waals surface area contributed by atoms with Crippen LogP contribution in [0.3, 0.4) is 0 Å². The Morgan fingerprint density at radius 2 is 0.951 bits per heavy atom. The molecule has 0 aliphatic heterocycles. The second-order valence-electron chi connectivity index (χ2n) is 15.9. The molecule has 352 valence electrons. The molecule has 11 heteroatoms. The first kappa shape index (κ1) is 58.4. The molecule has 0 aromatic rings. The van der Waals surface area contributed by atoms with E-state index < -0.39 is 45.1 Å². The van der Waals surface area contributed by atoms with E-state index in [1.165, 1.54) is 83.5 Å². The van der Waals surface area contributed by atoms with Crippen molar-refractivity contribution in [2.75, 3.05) is 26.4 Å². The topological polar surface area (TPSA) is 155 Å². The van der Waals surface area contributed by atoms with Crippen molar-refractivity contribution in [2.45, 2.75) is 206 Å². The zero-order chi connectivity index (χ0) is 44.8. The monoisotopic (exact) mass is 878 g/mol. The number of hydrogen-bond donors (Lipinski definition) is 3. The lowest BCUT2D eigenvalue weighted by Crippen LogP contribution is -2.34. The first-order valence-electron chi connectivity index (χ1n) is 24.0. The van der Waals surface area contributed by atoms with Crippen molar-refractivity contribution in [1.29, 1.82) is 0 Å². The van der Waals surface area contributed by atoms with Crippen LogP contribution in [0.1, 0.15) is 194 Å². The normalized spacial score (nSPS) is 14.4. The predicted octanol–water partition coefficient (Wildman–Crippen LogP) is 13.8. The van der Waals surface area contributed by atoms with E-state index in [0.717, 1.165) is 83.5 Å². The standard InChI is InChI=1S/C50H88NO9P/c1-3-5-7-9-11-13-15-17-19-21-22-23-24-25-26-27-28-30-32-34-36-38-40-42-49(52)60-47(45-58-61(55,56)59-46-48(51)50(53)54)44-57-43-41-39-37-35-33-31-29-20-18-16-14-12-10-8-6-4-2/h5,7,11,13,17-20,22-23,25-26,47-48H,3-4,6,8-10,12,14-16,21,24,27-46,51H2,1-2H3,(H,53,54)(H,55,56)/b7-5-,13-11-,19-17-,20-18-,23-22-,26-25-. The van der Waals surface area contributed by atoms with E-state index >= 15 is 0 Å². The van der Waals surface area contributed by atoms with Gasteiger partial charge in [-0.2, -0.15) is 0 Å². The first-order valence-corrected chi connectivity index (χ1v) is 25.5. The third-order valence-corrected chi connectivity index (χ3v) is 10.9. The van der Waals surface area contributed by atoms with Gasteiger partial charge in [-0.05, 0) is 83.5 Å². The molecule has 0 heterocycles. The van der Waals surface area contributed by atoms with E-state index in [-0.39, 0.29) is 13.0 Å². The third kappa shape index (κ3) is 45.3. The molecule has 0 rings (SSSR count). The number of phosphoric acid groups is 1. The Bertz CT molecular complexity index is 1250. The van der Waals surface area contributed by atoms with Gasteiger partial charge in [0.25, 0.3) is 0 Å². The smallest absolute Gasteiger partial charge is 0.472 e. The fourth-order valence-corrected chi connectivity index (χ4v) is 7.05. The maximum atomic E-state index is 12.7. The fourth-order valence-electron chi connectivity index (χ4n) is 6.27. The van der Waals surface area contributed by atoms with E-state index in [9.17, 15) is 19.0 Å². The highest BCUT2D eigenvalue weighted by molar-refractivity contribution is 7.47. The van der Waals surface area contributed by atoms with Crippen LogP contribution >= 0.6 is 7.82 Å². The molecule has 0 saturated carbocycles. The van der Waals surface area contributed by atoms with Crippen LogP contribution in [-0.2, 0) is 32.7 Å². The zero-order valence-electron chi connectivity index (χ0n) is 38.5. The van der Waals surface area contributed by atoms with Gasteiger partial charge in [0.05, 0.1) is 19.8 Å². The highest BCUT2D eigenvalue weighted by Gasteiger charge is 2.27. The minimum atomic E-state index is -4.63. The molecule has 0 aliphatic rings. The molecule has 61 heavy (non-hydrogen) atoms. The molecule has 3 atom stereocenters. The highest BCUT2D eigenvalue weighted by Crippen LogP contribution is 2.43. The van der Waals surface area contributed by atoms with Crippen LogP contribution in [0.2, 0.25) is 0 Å². The number of esters is 1. The van der Waals surface area contributed by atoms with E-state index in [0.29, 0.717) is 13.0 Å². The summed E-state index contributed by atoms with van der Waals surface area (Å²) in [7, 11) is -4.63. The summed E-state index contributed by atoms with van der Waals surface area (Å²) in [6.07, 6.45) is 56.6. The molecular formula is C50H88NO9P. The average Bonchev–Trinajstić information content (AvgIpc) is 3.24. The molecule has 0 amide bonds. The SMILES string of the molecule is CC/C=C\C/C=C\C/C=C\C/C=C\C/C=C\CCCCCCCCCC(=O)OC(COCCCCCCCC/C=C\CCCCCCCC)COP(=O)(O)OCC(N)C(=O)O. The number of carboxylic acids is 1. The number of ether oxygens (including phenoxy) is 2. The number of phosphoric ester groups is 1. The molecule has 0 saturated heterocycles. The molecule has 10 nitrogen and oxygen atoms in total. The van der Waals surface area contributed by atoms with Gasteiger partial charge in [-0.3, -0.25) is 18.6 Å². The number of rotatable bonds is 45. The summed E-state index contributed by atoms with van der Waals surface area (Å²) in [5.41, 5.74) is 5.36. The van der Waals surface area contributed by atoms with E-state index in [2.05, 4.69) is 86.8 Å². The van der Waals surface area contributed by atoms with Gasteiger partial charge in [0, 0.05) is 13.0 Å². The van der Waals surface area contributed by atoms with Crippen molar-refractivity contribution < 1.29 is 42.7 Å². The van der Waals surface area contributed by atoms with Crippen LogP contribution < -0.4 is 5.73 Å². The number of allylic oxidation sites excluding steroid dienone is 12. The lowest BCUT2D eigenvalue weighted by Gasteiger charge is -2.20. The fraction of sp³-hybridized carbons (Fsp3) is 0.720. The van der Waals surface area contributed by atoms with E-state index in [4.69, 9.17) is 29.4 Å². The number of carboxylic acid groups (broad SMARTS) is 1. The van der Waals surface area contributed by atoms with Gasteiger partial charge >= 0.3 is 19.8 Å². The first-order chi connectivity index (χ1) is 29.7. The minimum absolute atomic E-state index is 0.00504. The second-order valence-corrected chi connectivity index (χ2v) is 17.3. The predicted molar refractivity (Wildman–Crippen MR) is 254 cm³/mol. The summed E-state index contributed by atoms with van der Waals surface area (Å²) >= 11 is 0. The lowest BCUT2D eigenvalue weighted by molar-refractivity contribution is -0.154. The number of carbonyl (C=O) groups excluding carboxylic acids is 1. The Morgan fingerprint density at radius 1 is 0.541 bits per heavy atom. The molecule has 0 aromatic heterocycles. The van der Waals surface area contributed by atoms with Crippen LogP contribution in [0.25, 0.3) is 0 Å². The number of unbranched alkanes of at least 4 members (excludes halogenated alkanes) is 19. The maximum absolute atomic E-state index is 12.7. The largest absolute Gasteiger partial charge is 0.480 e. The summed E-state index contributed by atoms with van der Waals surface area (Å²) in [6.45, 7) is 3.74. The summed E-state index contributed by atoms with van der Waals surface area (Å²) in [5.74, 6) is -1.79. The maximum Gasteiger partial charge on any atom is 0.472 e. The quantitative estimate of drug-likeness (QED) is 0.0233. The molecule has 0 fully saturated rings. The summed E-state index contributed by atoms with van der Waals surface area (Å²) in [5, 5.41) is 8.92. The molecule has 3 unspecified atom stereocenters. The van der Waals surface area contributed by atoms with Gasteiger partial charge < -0.3 is 25.2 Å². The van der Waals surface area contributed by atoms with E-state index in [1.807, 2.05) is 0 Å². The molecule has 0 radical (unpaired) electrons. The number of hydrogen-bond acceptors (Lipinski definition) is 8. The Balaban J connectivity index is 4.22. The Morgan fingerprint density at radius 3 is 1.44 bits per heavy atom. The molecule has 0 bridgehead atoms. The Labute approximate surface area is 372 Å². The minimum Gasteiger partial charge on any atom is -0.480 e. The Hall–Kier alpha value is -2.59. The molecule has 4 N–H and O–H groups in total. The summed E-state index contributed by atoms with van der Waals surface area (Å²) < 4.78 is 33.4. The van der Waals surface area contributed by atoms with Crippen molar-refractivity contribution in [3.05, 3.63) is 72.9 Å².